The molecule has 0 unspecified atom stereocenters. The Bertz CT molecular complexity index is 3130. The summed E-state index contributed by atoms with van der Waals surface area (Å²) < 4.78 is 4.35. The first kappa shape index (κ1) is 30.2. The van der Waals surface area contributed by atoms with Gasteiger partial charge in [-0.25, -0.2) is 4.85 Å². The quantitative estimate of drug-likeness (QED) is 0.176. The number of nitriles is 3. The zero-order chi connectivity index (χ0) is 35.3. The largest absolute Gasteiger partial charge is 0.309 e. The van der Waals surface area contributed by atoms with Crippen LogP contribution in [-0.2, 0) is 0 Å². The first-order valence-electron chi connectivity index (χ1n) is 16.6. The fourth-order valence-electron chi connectivity index (χ4n) is 7.50. The van der Waals surface area contributed by atoms with E-state index in [9.17, 15) is 15.8 Å². The average molecular weight is 661 g/mol. The highest BCUT2D eigenvalue weighted by Gasteiger charge is 2.18. The van der Waals surface area contributed by atoms with Gasteiger partial charge in [0.1, 0.15) is 0 Å². The lowest BCUT2D eigenvalue weighted by molar-refractivity contribution is 1.17. The molecule has 0 bridgehead atoms. The number of fused-ring (bicyclic) bond motifs is 6. The second-order valence-electron chi connectivity index (χ2n) is 12.7. The van der Waals surface area contributed by atoms with Crippen molar-refractivity contribution in [1.29, 1.82) is 15.8 Å². The number of benzene rings is 7. The van der Waals surface area contributed by atoms with Crippen LogP contribution in [0.2, 0.25) is 0 Å². The van der Waals surface area contributed by atoms with Crippen molar-refractivity contribution >= 4 is 49.3 Å². The predicted molar refractivity (Wildman–Crippen MR) is 206 cm³/mol. The summed E-state index contributed by atoms with van der Waals surface area (Å²) in [7, 11) is 0. The molecule has 0 fully saturated rings. The van der Waals surface area contributed by atoms with Crippen LogP contribution in [0.1, 0.15) is 16.7 Å². The molecule has 2 heterocycles. The lowest BCUT2D eigenvalue weighted by Gasteiger charge is -2.16. The van der Waals surface area contributed by atoms with Gasteiger partial charge >= 0.3 is 0 Å². The second-order valence-corrected chi connectivity index (χ2v) is 12.7. The van der Waals surface area contributed by atoms with Crippen LogP contribution >= 0.6 is 0 Å². The summed E-state index contributed by atoms with van der Waals surface area (Å²) in [6.07, 6.45) is 0. The molecule has 6 heteroatoms. The molecular weight excluding hydrogens is 637 g/mol. The molecule has 0 saturated heterocycles. The van der Waals surface area contributed by atoms with Crippen molar-refractivity contribution < 1.29 is 0 Å². The van der Waals surface area contributed by atoms with Gasteiger partial charge in [0.25, 0.3) is 0 Å². The summed E-state index contributed by atoms with van der Waals surface area (Å²) in [6, 6.07) is 54.5. The Hall–Kier alpha value is -7.90. The number of aromatic nitrogens is 2. The highest BCUT2D eigenvalue weighted by atomic mass is 15.0. The van der Waals surface area contributed by atoms with Crippen LogP contribution < -0.4 is 0 Å². The molecule has 0 saturated carbocycles. The minimum Gasteiger partial charge on any atom is -0.309 e. The van der Waals surface area contributed by atoms with E-state index in [0.29, 0.717) is 22.4 Å². The molecule has 9 rings (SSSR count). The van der Waals surface area contributed by atoms with Crippen molar-refractivity contribution in [2.75, 3.05) is 0 Å². The molecular formula is C46H24N6. The fourth-order valence-corrected chi connectivity index (χ4v) is 7.50. The summed E-state index contributed by atoms with van der Waals surface area (Å²) in [6.45, 7) is 7.65. The van der Waals surface area contributed by atoms with Crippen LogP contribution in [0, 0.1) is 40.6 Å². The summed E-state index contributed by atoms with van der Waals surface area (Å²) in [5.74, 6) is 0. The minimum absolute atomic E-state index is 0.500. The molecule has 2 aromatic heterocycles. The number of hydrogen-bond donors (Lipinski definition) is 0. The van der Waals surface area contributed by atoms with E-state index in [1.165, 1.54) is 0 Å². The Kier molecular flexibility index (Phi) is 6.91. The molecule has 0 aliphatic carbocycles. The van der Waals surface area contributed by atoms with Crippen LogP contribution in [-0.4, -0.2) is 9.13 Å². The van der Waals surface area contributed by atoms with E-state index >= 15 is 0 Å². The Morgan fingerprint density at radius 3 is 1.67 bits per heavy atom. The van der Waals surface area contributed by atoms with Crippen molar-refractivity contribution in [3.8, 4) is 51.8 Å². The van der Waals surface area contributed by atoms with Gasteiger partial charge < -0.3 is 9.13 Å². The van der Waals surface area contributed by atoms with Crippen molar-refractivity contribution in [3.63, 3.8) is 0 Å². The predicted octanol–water partition coefficient (Wildman–Crippen LogP) is 11.4. The summed E-state index contributed by atoms with van der Waals surface area (Å²) in [5.41, 5.74) is 11.1. The normalized spacial score (nSPS) is 11.0. The standard InChI is InChI=1S/C46H24N6/c1-50-35-15-17-46-42(25-35)40-11-5-7-13-44(40)52(46)37-23-33(21-34(24-37)38-9-3-2-8-31(38)28-49)32-18-30(27-48)19-36(22-32)51-43-12-6-4-10-39(43)41-20-29(26-47)14-16-45(41)51/h2-25H. The third-order valence-electron chi connectivity index (χ3n) is 9.76. The maximum absolute atomic E-state index is 10.4. The van der Waals surface area contributed by atoms with E-state index < -0.39 is 0 Å². The Balaban J connectivity index is 1.35. The summed E-state index contributed by atoms with van der Waals surface area (Å²) >= 11 is 0. The second kappa shape index (κ2) is 11.9. The molecule has 0 N–H and O–H groups in total. The molecule has 0 aliphatic rings. The maximum Gasteiger partial charge on any atom is 0.188 e. The van der Waals surface area contributed by atoms with E-state index in [1.54, 1.807) is 0 Å². The molecule has 0 amide bonds. The van der Waals surface area contributed by atoms with Crippen LogP contribution in [0.15, 0.2) is 146 Å². The van der Waals surface area contributed by atoms with Gasteiger partial charge in [-0.2, -0.15) is 15.8 Å². The van der Waals surface area contributed by atoms with Gasteiger partial charge in [0.05, 0.1) is 63.5 Å². The molecule has 238 valence electrons. The van der Waals surface area contributed by atoms with Crippen molar-refractivity contribution in [2.24, 2.45) is 0 Å². The number of para-hydroxylation sites is 2. The van der Waals surface area contributed by atoms with Gasteiger partial charge in [-0.3, -0.25) is 0 Å². The lowest BCUT2D eigenvalue weighted by Crippen LogP contribution is -1.98. The topological polar surface area (TPSA) is 85.6 Å². The van der Waals surface area contributed by atoms with Crippen molar-refractivity contribution in [3.05, 3.63) is 174 Å². The van der Waals surface area contributed by atoms with Gasteiger partial charge in [-0.15, -0.1) is 0 Å². The van der Waals surface area contributed by atoms with E-state index in [0.717, 1.165) is 77.2 Å². The zero-order valence-corrected chi connectivity index (χ0v) is 27.5. The van der Waals surface area contributed by atoms with Crippen LogP contribution in [0.25, 0.3) is 82.1 Å². The highest BCUT2D eigenvalue weighted by Crippen LogP contribution is 2.39. The Morgan fingerprint density at radius 1 is 0.442 bits per heavy atom. The van der Waals surface area contributed by atoms with Gasteiger partial charge in [-0.05, 0) is 113 Å². The van der Waals surface area contributed by atoms with Gasteiger partial charge in [0, 0.05) is 27.5 Å². The summed E-state index contributed by atoms with van der Waals surface area (Å²) in [5, 5.41) is 34.1. The van der Waals surface area contributed by atoms with Crippen LogP contribution in [0.4, 0.5) is 5.69 Å². The van der Waals surface area contributed by atoms with Crippen LogP contribution in [0.3, 0.4) is 0 Å². The smallest absolute Gasteiger partial charge is 0.188 e. The lowest BCUT2D eigenvalue weighted by atomic mass is 9.94. The van der Waals surface area contributed by atoms with E-state index in [4.69, 9.17) is 6.57 Å². The first-order valence-corrected chi connectivity index (χ1v) is 16.6. The number of rotatable bonds is 4. The monoisotopic (exact) mass is 660 g/mol. The fraction of sp³-hybridized carbons (Fsp3) is 0. The first-order chi connectivity index (χ1) is 25.6. The third kappa shape index (κ3) is 4.69. The number of hydrogen-bond acceptors (Lipinski definition) is 3. The van der Waals surface area contributed by atoms with Crippen LogP contribution in [0.5, 0.6) is 0 Å². The third-order valence-corrected chi connectivity index (χ3v) is 9.76. The van der Waals surface area contributed by atoms with Crippen molar-refractivity contribution in [2.45, 2.75) is 0 Å². The van der Waals surface area contributed by atoms with E-state index in [2.05, 4.69) is 80.7 Å². The Morgan fingerprint density at radius 2 is 1.00 bits per heavy atom. The molecule has 9 aromatic rings. The molecule has 0 aliphatic heterocycles. The molecule has 6 nitrogen and oxygen atoms in total. The van der Waals surface area contributed by atoms with Gasteiger partial charge in [0.2, 0.25) is 0 Å². The highest BCUT2D eigenvalue weighted by molar-refractivity contribution is 6.11. The molecule has 0 radical (unpaired) electrons. The van der Waals surface area contributed by atoms with Gasteiger partial charge in [0.15, 0.2) is 5.69 Å². The molecule has 0 spiro atoms. The molecule has 0 atom stereocenters. The van der Waals surface area contributed by atoms with E-state index in [-0.39, 0.29) is 0 Å². The Labute approximate surface area is 298 Å². The summed E-state index contributed by atoms with van der Waals surface area (Å²) in [4.78, 5) is 3.70. The van der Waals surface area contributed by atoms with E-state index in [1.807, 2.05) is 97.1 Å². The van der Waals surface area contributed by atoms with Gasteiger partial charge in [-0.1, -0.05) is 60.7 Å². The SMILES string of the molecule is [C-]#[N+]c1ccc2c(c1)c1ccccc1n2-c1cc(-c2cc(C#N)cc(-n3c4ccccc4c4cc(C#N)ccc43)c2)cc(-c2ccccc2C#N)c1. The average Bonchev–Trinajstić information content (AvgIpc) is 3.72. The zero-order valence-electron chi connectivity index (χ0n) is 27.5. The van der Waals surface area contributed by atoms with Crippen molar-refractivity contribution in [1.82, 2.24) is 9.13 Å². The molecule has 52 heavy (non-hydrogen) atoms. The minimum atomic E-state index is 0.500. The maximum atomic E-state index is 10.4. The number of nitrogens with zero attached hydrogens (tertiary/aromatic N) is 6. The molecule has 7 aromatic carbocycles.